The highest BCUT2D eigenvalue weighted by atomic mass is 32.3. The molecule has 0 unspecified atom stereocenters. The highest BCUT2D eigenvalue weighted by molar-refractivity contribution is 8.31. The Morgan fingerprint density at radius 2 is 1.02 bits per heavy atom. The molecule has 0 aliphatic rings. The zero-order valence-corrected chi connectivity index (χ0v) is 26.7. The fraction of sp³-hybridized carbons (Fsp3) is 0.581. The van der Waals surface area contributed by atoms with Gasteiger partial charge in [-0.1, -0.05) is 91.2 Å². The van der Waals surface area contributed by atoms with Gasteiger partial charge in [-0.05, 0) is 61.1 Å². The normalized spacial score (nSPS) is 11.7. The standard InChI is InChI=1S/C31H46N2O6S2/c1-5-9-11-13-15-21-38-27-19-17-25(7-3)23-29(27)40(34,35)31(33-32)41(36,37)30-24-26(8-4)18-20-28(30)39-22-16-14-12-10-6-2/h17-20,23-24H,5-16,21-22H2,1-4H3. The van der Waals surface area contributed by atoms with E-state index in [1.807, 2.05) is 13.8 Å². The number of unbranched alkanes of at least 4 members (excludes halogenated alkanes) is 8. The number of sulfone groups is 2. The Hall–Kier alpha value is -2.68. The number of ether oxygens (including phenoxy) is 2. The average Bonchev–Trinajstić information content (AvgIpc) is 2.96. The smallest absolute Gasteiger partial charge is 0.492 e. The van der Waals surface area contributed by atoms with Crippen molar-refractivity contribution in [3.63, 3.8) is 0 Å². The fourth-order valence-corrected chi connectivity index (χ4v) is 8.10. The average molecular weight is 607 g/mol. The SMILES string of the molecule is CCCCCCCOc1ccc(CC)cc1S(=O)(=O)C(=[N+]=[N-])S(=O)(=O)c1cc(CC)ccc1OCCCCCCC. The first-order valence-corrected chi connectivity index (χ1v) is 17.9. The van der Waals surface area contributed by atoms with Crippen LogP contribution >= 0.6 is 0 Å². The maximum absolute atomic E-state index is 13.9. The van der Waals surface area contributed by atoms with E-state index in [9.17, 15) is 22.4 Å². The van der Waals surface area contributed by atoms with E-state index in [1.54, 1.807) is 12.1 Å². The Morgan fingerprint density at radius 1 is 0.634 bits per heavy atom. The van der Waals surface area contributed by atoms with Crippen LogP contribution in [0.4, 0.5) is 0 Å². The van der Waals surface area contributed by atoms with Crippen molar-refractivity contribution in [3.05, 3.63) is 53.1 Å². The first-order valence-electron chi connectivity index (χ1n) is 14.9. The van der Waals surface area contributed by atoms with Crippen LogP contribution < -0.4 is 9.47 Å². The summed E-state index contributed by atoms with van der Waals surface area (Å²) in [7, 11) is -9.62. The summed E-state index contributed by atoms with van der Waals surface area (Å²) in [6.07, 6.45) is 10.9. The first kappa shape index (κ1) is 34.5. The molecule has 0 aliphatic heterocycles. The van der Waals surface area contributed by atoms with Crippen molar-refractivity contribution in [2.24, 2.45) is 0 Å². The summed E-state index contributed by atoms with van der Waals surface area (Å²) < 4.78 is 65.8. The quantitative estimate of drug-likeness (QED) is 0.0575. The van der Waals surface area contributed by atoms with Gasteiger partial charge in [0.15, 0.2) is 0 Å². The van der Waals surface area contributed by atoms with Gasteiger partial charge in [-0.3, -0.25) is 0 Å². The first-order chi connectivity index (χ1) is 19.7. The molecule has 228 valence electrons. The number of aryl methyl sites for hydroxylation is 2. The van der Waals surface area contributed by atoms with Crippen LogP contribution in [0.2, 0.25) is 0 Å². The monoisotopic (exact) mass is 606 g/mol. The lowest BCUT2D eigenvalue weighted by molar-refractivity contribution is 0.00377. The van der Waals surface area contributed by atoms with Crippen LogP contribution in [0.3, 0.4) is 0 Å². The number of rotatable bonds is 18. The van der Waals surface area contributed by atoms with Crippen molar-refractivity contribution in [3.8, 4) is 11.5 Å². The second-order valence-corrected chi connectivity index (χ2v) is 14.1. The molecular weight excluding hydrogens is 560 g/mol. The van der Waals surface area contributed by atoms with Crippen LogP contribution in [0.5, 0.6) is 11.5 Å². The highest BCUT2D eigenvalue weighted by Gasteiger charge is 2.47. The van der Waals surface area contributed by atoms with Crippen molar-refractivity contribution in [2.75, 3.05) is 13.2 Å². The molecule has 0 N–H and O–H groups in total. The third-order valence-corrected chi connectivity index (χ3v) is 11.2. The summed E-state index contributed by atoms with van der Waals surface area (Å²) in [6.45, 7) is 8.54. The topological polar surface area (TPSA) is 123 Å². The molecule has 2 rings (SSSR count). The molecule has 0 aromatic heterocycles. The summed E-state index contributed by atoms with van der Waals surface area (Å²) >= 11 is 0. The zero-order valence-electron chi connectivity index (χ0n) is 25.0. The van der Waals surface area contributed by atoms with E-state index >= 15 is 0 Å². The van der Waals surface area contributed by atoms with Crippen molar-refractivity contribution in [2.45, 2.75) is 115 Å². The Morgan fingerprint density at radius 3 is 1.37 bits per heavy atom. The molecule has 0 atom stereocenters. The van der Waals surface area contributed by atoms with Gasteiger partial charge in [-0.2, -0.15) is 0 Å². The van der Waals surface area contributed by atoms with Crippen molar-refractivity contribution < 1.29 is 31.1 Å². The predicted octanol–water partition coefficient (Wildman–Crippen LogP) is 7.34. The van der Waals surface area contributed by atoms with E-state index in [0.717, 1.165) is 64.2 Å². The molecule has 0 saturated carbocycles. The van der Waals surface area contributed by atoms with Gasteiger partial charge in [-0.25, -0.2) is 16.8 Å². The molecule has 0 heterocycles. The van der Waals surface area contributed by atoms with Crippen LogP contribution in [-0.2, 0) is 32.5 Å². The minimum absolute atomic E-state index is 0.0277. The molecule has 2 aromatic rings. The lowest BCUT2D eigenvalue weighted by Gasteiger charge is -2.14. The van der Waals surface area contributed by atoms with Crippen LogP contribution in [0.25, 0.3) is 5.53 Å². The maximum atomic E-state index is 13.9. The lowest BCUT2D eigenvalue weighted by Crippen LogP contribution is -2.27. The van der Waals surface area contributed by atoms with Gasteiger partial charge in [0.05, 0.1) is 13.2 Å². The molecule has 0 spiro atoms. The summed E-state index contributed by atoms with van der Waals surface area (Å²) in [6, 6.07) is 9.32. The van der Waals surface area contributed by atoms with E-state index in [4.69, 9.17) is 9.47 Å². The Balaban J connectivity index is 2.46. The molecule has 0 radical (unpaired) electrons. The molecule has 0 aliphatic carbocycles. The molecule has 41 heavy (non-hydrogen) atoms. The van der Waals surface area contributed by atoms with Gasteiger partial charge in [0.1, 0.15) is 21.3 Å². The number of nitrogens with zero attached hydrogens (tertiary/aromatic N) is 2. The summed E-state index contributed by atoms with van der Waals surface area (Å²) in [5, 5.41) is 0. The van der Waals surface area contributed by atoms with Gasteiger partial charge < -0.3 is 15.0 Å². The minimum atomic E-state index is -4.81. The van der Waals surface area contributed by atoms with Gasteiger partial charge in [0.2, 0.25) is 0 Å². The van der Waals surface area contributed by atoms with Gasteiger partial charge >= 0.3 is 4.38 Å². The number of benzene rings is 2. The Bertz CT molecular complexity index is 1280. The Labute approximate surface area is 246 Å². The molecule has 2 aromatic carbocycles. The molecule has 0 fully saturated rings. The van der Waals surface area contributed by atoms with Gasteiger partial charge in [0, 0.05) is 0 Å². The molecule has 0 saturated heterocycles. The fourth-order valence-electron chi connectivity index (χ4n) is 4.42. The Kier molecular flexibility index (Phi) is 14.6. The molecular formula is C31H46N2O6S2. The van der Waals surface area contributed by atoms with E-state index in [1.165, 1.54) is 24.3 Å². The minimum Gasteiger partial charge on any atom is -0.492 e. The van der Waals surface area contributed by atoms with E-state index in [2.05, 4.69) is 18.6 Å². The second kappa shape index (κ2) is 17.3. The lowest BCUT2D eigenvalue weighted by atomic mass is 10.1. The molecule has 10 heteroatoms. The third kappa shape index (κ3) is 9.69. The van der Waals surface area contributed by atoms with E-state index < -0.39 is 24.1 Å². The summed E-state index contributed by atoms with van der Waals surface area (Å²) in [5.74, 6) is 0.0554. The van der Waals surface area contributed by atoms with Crippen LogP contribution in [0.15, 0.2) is 46.2 Å². The zero-order chi connectivity index (χ0) is 30.3. The molecule has 8 nitrogen and oxygen atoms in total. The summed E-state index contributed by atoms with van der Waals surface area (Å²) in [5.41, 5.74) is 11.2. The largest absolute Gasteiger partial charge is 0.504 e. The van der Waals surface area contributed by atoms with Crippen molar-refractivity contribution in [1.82, 2.24) is 0 Å². The third-order valence-electron chi connectivity index (χ3n) is 6.96. The highest BCUT2D eigenvalue weighted by Crippen LogP contribution is 2.33. The molecule has 0 amide bonds. The maximum Gasteiger partial charge on any atom is 0.504 e. The van der Waals surface area contributed by atoms with Crippen LogP contribution in [0, 0.1) is 0 Å². The number of hydrogen-bond donors (Lipinski definition) is 0. The van der Waals surface area contributed by atoms with E-state index in [0.29, 0.717) is 24.0 Å². The van der Waals surface area contributed by atoms with Gasteiger partial charge in [-0.15, -0.1) is 4.79 Å². The van der Waals surface area contributed by atoms with Crippen molar-refractivity contribution >= 4 is 24.1 Å². The predicted molar refractivity (Wildman–Crippen MR) is 163 cm³/mol. The van der Waals surface area contributed by atoms with Gasteiger partial charge in [0.25, 0.3) is 19.7 Å². The van der Waals surface area contributed by atoms with Crippen LogP contribution in [-0.4, -0.2) is 39.2 Å². The summed E-state index contributed by atoms with van der Waals surface area (Å²) in [4.78, 5) is 2.19. The molecule has 0 bridgehead atoms. The van der Waals surface area contributed by atoms with Crippen molar-refractivity contribution in [1.29, 1.82) is 0 Å². The second-order valence-electron chi connectivity index (χ2n) is 10.2. The number of hydrogen-bond acceptors (Lipinski definition) is 6. The van der Waals surface area contributed by atoms with E-state index in [-0.39, 0.29) is 34.5 Å². The van der Waals surface area contributed by atoms with Crippen LogP contribution in [0.1, 0.15) is 103 Å².